The Bertz CT molecular complexity index is 3140. The lowest BCUT2D eigenvalue weighted by molar-refractivity contribution is -0.131. The maximum Gasteiger partial charge on any atom is 0.264 e. The van der Waals surface area contributed by atoms with Crippen molar-refractivity contribution in [1.29, 1.82) is 5.26 Å². The lowest BCUT2D eigenvalue weighted by Crippen LogP contribution is -2.54. The smallest absolute Gasteiger partial charge is 0.264 e. The van der Waals surface area contributed by atoms with Crippen molar-refractivity contribution in [2.45, 2.75) is 90.9 Å². The first kappa shape index (κ1) is 51.3. The molecule has 4 aromatic carbocycles. The van der Waals surface area contributed by atoms with Crippen molar-refractivity contribution in [2.24, 2.45) is 14.1 Å². The van der Waals surface area contributed by atoms with Crippen LogP contribution in [0, 0.1) is 25.2 Å². The zero-order chi connectivity index (χ0) is 52.5. The fourth-order valence-electron chi connectivity index (χ4n) is 11.6. The quantitative estimate of drug-likeness (QED) is 0.120. The molecule has 3 amide bonds. The molecule has 14 heteroatoms. The van der Waals surface area contributed by atoms with Gasteiger partial charge in [-0.2, -0.15) is 5.26 Å². The van der Waals surface area contributed by atoms with Crippen molar-refractivity contribution >= 4 is 29.1 Å². The molecule has 0 spiro atoms. The van der Waals surface area contributed by atoms with E-state index in [1.807, 2.05) is 72.8 Å². The highest BCUT2D eigenvalue weighted by Crippen LogP contribution is 2.39. The first-order valence-corrected chi connectivity index (χ1v) is 26.6. The van der Waals surface area contributed by atoms with Gasteiger partial charge < -0.3 is 38.4 Å². The Morgan fingerprint density at radius 1 is 0.813 bits per heavy atom. The number of carbonyl (C=O) groups excluding carboxylic acids is 3. The van der Waals surface area contributed by atoms with E-state index in [0.717, 1.165) is 104 Å². The van der Waals surface area contributed by atoms with Gasteiger partial charge in [-0.1, -0.05) is 42.8 Å². The number of ether oxygens (including phenoxy) is 2. The van der Waals surface area contributed by atoms with E-state index in [2.05, 4.69) is 58.9 Å². The van der Waals surface area contributed by atoms with Crippen molar-refractivity contribution in [2.75, 3.05) is 64.0 Å². The lowest BCUT2D eigenvalue weighted by atomic mass is 9.89. The molecule has 4 aliphatic heterocycles. The number of aromatic hydroxyl groups is 1. The monoisotopic (exact) mass is 1010 g/mol. The molecule has 2 fully saturated rings. The fourth-order valence-corrected chi connectivity index (χ4v) is 11.6. The maximum absolute atomic E-state index is 15.8. The van der Waals surface area contributed by atoms with Crippen molar-refractivity contribution in [3.8, 4) is 28.8 Å². The highest BCUT2D eigenvalue weighted by Gasteiger charge is 2.36. The third kappa shape index (κ3) is 10.6. The van der Waals surface area contributed by atoms with Crippen LogP contribution in [-0.4, -0.2) is 122 Å². The Labute approximate surface area is 441 Å². The van der Waals surface area contributed by atoms with Gasteiger partial charge in [-0.25, -0.2) is 0 Å². The summed E-state index contributed by atoms with van der Waals surface area (Å²) in [6.45, 7) is 16.0. The number of amides is 3. The third-order valence-corrected chi connectivity index (χ3v) is 16.4. The predicted molar refractivity (Wildman–Crippen MR) is 290 cm³/mol. The molecule has 2 saturated heterocycles. The van der Waals surface area contributed by atoms with E-state index >= 15 is 9.59 Å². The van der Waals surface area contributed by atoms with Gasteiger partial charge in [-0.3, -0.25) is 24.2 Å². The van der Waals surface area contributed by atoms with Crippen LogP contribution in [0.2, 0.25) is 0 Å². The molecule has 390 valence electrons. The van der Waals surface area contributed by atoms with Gasteiger partial charge in [0.2, 0.25) is 5.91 Å². The van der Waals surface area contributed by atoms with Crippen LogP contribution in [0.4, 0.5) is 11.4 Å². The number of carbonyl (C=O) groups is 3. The number of nitriles is 1. The molecule has 0 bridgehead atoms. The van der Waals surface area contributed by atoms with E-state index < -0.39 is 0 Å². The highest BCUT2D eigenvalue weighted by molar-refractivity contribution is 6.13. The van der Waals surface area contributed by atoms with Crippen molar-refractivity contribution < 1.29 is 29.0 Å². The summed E-state index contributed by atoms with van der Waals surface area (Å²) in [6, 6.07) is 32.7. The van der Waals surface area contributed by atoms with E-state index in [1.54, 1.807) is 46.8 Å². The molecule has 0 unspecified atom stereocenters. The predicted octanol–water partition coefficient (Wildman–Crippen LogP) is 8.87. The molecule has 2 aromatic heterocycles. The second-order valence-electron chi connectivity index (χ2n) is 21.6. The maximum atomic E-state index is 15.8. The van der Waals surface area contributed by atoms with Crippen LogP contribution < -0.4 is 9.64 Å². The normalized spacial score (nSPS) is 17.7. The molecule has 1 N–H and O–H groups in total. The first-order valence-electron chi connectivity index (χ1n) is 26.6. The van der Waals surface area contributed by atoms with Gasteiger partial charge >= 0.3 is 0 Å². The molecule has 6 heterocycles. The summed E-state index contributed by atoms with van der Waals surface area (Å²) in [4.78, 5) is 55.7. The number of benzene rings is 4. The molecule has 0 saturated carbocycles. The number of nitrogens with zero attached hydrogens (tertiary/aromatic N) is 8. The summed E-state index contributed by atoms with van der Waals surface area (Å²) in [5, 5.41) is 20.3. The van der Waals surface area contributed by atoms with Crippen LogP contribution in [0.3, 0.4) is 0 Å². The summed E-state index contributed by atoms with van der Waals surface area (Å²) in [5.41, 5.74) is 10.6. The van der Waals surface area contributed by atoms with Gasteiger partial charge in [-0.15, -0.1) is 0 Å². The largest absolute Gasteiger partial charge is 0.508 e. The Morgan fingerprint density at radius 3 is 2.28 bits per heavy atom. The number of anilines is 2. The van der Waals surface area contributed by atoms with Gasteiger partial charge in [-0.05, 0) is 155 Å². The number of likely N-dealkylation sites (tertiary alicyclic amines) is 1. The molecule has 0 aliphatic carbocycles. The number of phenols is 1. The summed E-state index contributed by atoms with van der Waals surface area (Å²) >= 11 is 0. The summed E-state index contributed by atoms with van der Waals surface area (Å²) in [7, 11) is 3.73. The van der Waals surface area contributed by atoms with E-state index in [-0.39, 0.29) is 41.5 Å². The molecule has 1 atom stereocenters. The Balaban J connectivity index is 0.974. The second kappa shape index (κ2) is 21.6. The van der Waals surface area contributed by atoms with E-state index in [4.69, 9.17) is 9.47 Å². The summed E-state index contributed by atoms with van der Waals surface area (Å²) in [5.74, 6) is 0.459. The molecule has 14 nitrogen and oxygen atoms in total. The molecule has 10 rings (SSSR count). The van der Waals surface area contributed by atoms with E-state index in [9.17, 15) is 15.2 Å². The second-order valence-corrected chi connectivity index (χ2v) is 21.6. The van der Waals surface area contributed by atoms with Crippen LogP contribution in [0.1, 0.15) is 98.7 Å². The Hall–Kier alpha value is -7.18. The van der Waals surface area contributed by atoms with E-state index in [1.165, 1.54) is 12.0 Å². The minimum Gasteiger partial charge on any atom is -0.508 e. The lowest BCUT2D eigenvalue weighted by Gasteiger charge is -2.41. The van der Waals surface area contributed by atoms with Crippen LogP contribution in [0.25, 0.3) is 11.3 Å². The zero-order valence-corrected chi connectivity index (χ0v) is 44.4. The molecular weight excluding hydrogens is 941 g/mol. The van der Waals surface area contributed by atoms with Crippen LogP contribution in [0.15, 0.2) is 97.1 Å². The van der Waals surface area contributed by atoms with Gasteiger partial charge in [0, 0.05) is 98.8 Å². The molecule has 6 aromatic rings. The zero-order valence-electron chi connectivity index (χ0n) is 44.4. The van der Waals surface area contributed by atoms with Crippen molar-refractivity contribution in [1.82, 2.24) is 28.7 Å². The third-order valence-electron chi connectivity index (χ3n) is 16.4. The topological polar surface area (TPSA) is 140 Å². The average molecular weight is 1010 g/mol. The number of hydrogen-bond donors (Lipinski definition) is 1. The standard InChI is InChI=1S/C61H70N8O6/c1-41-53(60(73)69(48-16-18-51(70)19-17-48)56-34-49(36-62)63(5)42(56)2)35-57(64(41)6)54-32-45-22-25-66(58(71)30-43-14-20-52(21-15-43)75-29-27-67-26-28-74-40-61(67,3)4)37-47(45)33-55(54)59(72)68-38-46-13-9-8-12-44(46)31-50(68)39-65-23-10-7-11-24-65/h8-9,12-21,32-35,50,70H,7,10-11,22-31,37-40H2,1-6H3/t50-/m0/s1. The summed E-state index contributed by atoms with van der Waals surface area (Å²) < 4.78 is 15.6. The SMILES string of the molecule is Cc1c(N(C(=O)c2cc(-c3cc4c(cc3C(=O)N3Cc5ccccc5C[C@H]3CN3CCCCC3)CN(C(=O)Cc3ccc(OCCN5CCOCC5(C)C)cc3)CC4)n(C)c2C)c2ccc(O)cc2)cc(C#N)n1C. The van der Waals surface area contributed by atoms with Crippen LogP contribution in [0.5, 0.6) is 11.5 Å². The molecule has 4 aliphatic rings. The molecular formula is C61H70N8O6. The van der Waals surface area contributed by atoms with Gasteiger partial charge in [0.05, 0.1) is 30.9 Å². The minimum absolute atomic E-state index is 0.0185. The minimum atomic E-state index is -0.317. The highest BCUT2D eigenvalue weighted by atomic mass is 16.5. The fraction of sp³-hybridized carbons (Fsp3) is 0.410. The molecule has 0 radical (unpaired) electrons. The Morgan fingerprint density at radius 2 is 1.56 bits per heavy atom. The van der Waals surface area contributed by atoms with Crippen LogP contribution >= 0.6 is 0 Å². The number of piperidine rings is 1. The van der Waals surface area contributed by atoms with E-state index in [0.29, 0.717) is 73.2 Å². The first-order chi connectivity index (χ1) is 36.2. The molecule has 75 heavy (non-hydrogen) atoms. The average Bonchev–Trinajstić information content (AvgIpc) is 3.90. The number of aromatic nitrogens is 2. The number of hydrogen-bond acceptors (Lipinski definition) is 9. The van der Waals surface area contributed by atoms with Crippen LogP contribution in [-0.2, 0) is 56.0 Å². The van der Waals surface area contributed by atoms with Crippen molar-refractivity contribution in [3.05, 3.63) is 153 Å². The summed E-state index contributed by atoms with van der Waals surface area (Å²) in [6.07, 6.45) is 5.12. The van der Waals surface area contributed by atoms with Gasteiger partial charge in [0.1, 0.15) is 29.9 Å². The number of morpholine rings is 1. The number of rotatable bonds is 13. The van der Waals surface area contributed by atoms with Crippen molar-refractivity contribution in [3.63, 3.8) is 0 Å². The Kier molecular flexibility index (Phi) is 14.8. The van der Waals surface area contributed by atoms with Gasteiger partial charge in [0.15, 0.2) is 0 Å². The number of fused-ring (bicyclic) bond motifs is 2. The number of phenolic OH excluding ortho intramolecular Hbond substituents is 1. The van der Waals surface area contributed by atoms with Gasteiger partial charge in [0.25, 0.3) is 11.8 Å².